The molecule has 0 unspecified atom stereocenters. The van der Waals surface area contributed by atoms with Crippen LogP contribution in [-0.4, -0.2) is 27.2 Å². The maximum absolute atomic E-state index is 11.8. The summed E-state index contributed by atoms with van der Waals surface area (Å²) in [5, 5.41) is 17.8. The summed E-state index contributed by atoms with van der Waals surface area (Å²) >= 11 is 2.06. The molecule has 2 rings (SSSR count). The average molecular weight is 386 g/mol. The second-order valence-electron chi connectivity index (χ2n) is 3.92. The Bertz CT molecular complexity index is 668. The van der Waals surface area contributed by atoms with E-state index in [-0.39, 0.29) is 17.3 Å². The maximum Gasteiger partial charge on any atom is 0.294 e. The van der Waals surface area contributed by atoms with E-state index in [1.54, 1.807) is 19.3 Å². The number of nitrogens with zero attached hydrogens (tertiary/aromatic N) is 3. The van der Waals surface area contributed by atoms with Crippen molar-refractivity contribution in [3.63, 3.8) is 0 Å². The Morgan fingerprint density at radius 3 is 2.85 bits per heavy atom. The summed E-state index contributed by atoms with van der Waals surface area (Å²) in [5.74, 6) is -0.273. The number of hydrogen-bond donors (Lipinski definition) is 1. The van der Waals surface area contributed by atoms with Crippen LogP contribution in [0.3, 0.4) is 0 Å². The maximum atomic E-state index is 11.8. The lowest BCUT2D eigenvalue weighted by Crippen LogP contribution is -2.22. The zero-order valence-corrected chi connectivity index (χ0v) is 12.7. The van der Waals surface area contributed by atoms with Crippen LogP contribution in [0.1, 0.15) is 17.3 Å². The summed E-state index contributed by atoms with van der Waals surface area (Å²) in [6.45, 7) is 2.30. The van der Waals surface area contributed by atoms with Gasteiger partial charge in [0.1, 0.15) is 5.69 Å². The lowest BCUT2D eigenvalue weighted by molar-refractivity contribution is -0.384. The van der Waals surface area contributed by atoms with Gasteiger partial charge in [-0.25, -0.2) is 4.68 Å². The van der Waals surface area contributed by atoms with Crippen LogP contribution in [0.5, 0.6) is 0 Å². The number of carbonyl (C=O) groups excluding carboxylic acids is 1. The molecule has 1 heterocycles. The van der Waals surface area contributed by atoms with Crippen molar-refractivity contribution in [3.8, 4) is 5.69 Å². The molecule has 0 saturated heterocycles. The number of nitro groups is 1. The molecule has 0 fully saturated rings. The minimum Gasteiger partial charge on any atom is -0.352 e. The highest BCUT2D eigenvalue weighted by Gasteiger charge is 2.18. The van der Waals surface area contributed by atoms with Crippen molar-refractivity contribution in [3.05, 3.63) is 49.8 Å². The van der Waals surface area contributed by atoms with E-state index in [2.05, 4.69) is 33.0 Å². The number of nitrogens with one attached hydrogen (secondary N) is 1. The molecule has 0 aliphatic heterocycles. The van der Waals surface area contributed by atoms with E-state index in [4.69, 9.17) is 0 Å². The SMILES string of the molecule is CCNC(=O)c1ccc([N+](=O)[O-])c(-n2cc(I)cn2)c1. The third-order valence-electron chi connectivity index (χ3n) is 2.57. The Labute approximate surface area is 128 Å². The monoisotopic (exact) mass is 386 g/mol. The molecule has 2 aromatic rings. The molecule has 104 valence electrons. The predicted octanol–water partition coefficient (Wildman–Crippen LogP) is 2.13. The van der Waals surface area contributed by atoms with Gasteiger partial charge in [-0.1, -0.05) is 0 Å². The van der Waals surface area contributed by atoms with Gasteiger partial charge in [0.25, 0.3) is 11.6 Å². The topological polar surface area (TPSA) is 90.1 Å². The first kappa shape index (κ1) is 14.4. The van der Waals surface area contributed by atoms with Crippen LogP contribution < -0.4 is 5.32 Å². The number of hydrogen-bond acceptors (Lipinski definition) is 4. The molecule has 1 aromatic carbocycles. The van der Waals surface area contributed by atoms with Gasteiger partial charge in [0.15, 0.2) is 0 Å². The van der Waals surface area contributed by atoms with E-state index in [1.165, 1.54) is 22.9 Å². The molecular weight excluding hydrogens is 375 g/mol. The highest BCUT2D eigenvalue weighted by Crippen LogP contribution is 2.24. The standard InChI is InChI=1S/C12H11IN4O3/c1-2-14-12(18)8-3-4-10(17(19)20)11(5-8)16-7-9(13)6-15-16/h3-7H,2H2,1H3,(H,14,18). The first-order chi connectivity index (χ1) is 9.52. The number of rotatable bonds is 4. The Morgan fingerprint density at radius 1 is 1.55 bits per heavy atom. The molecule has 1 N–H and O–H groups in total. The minimum absolute atomic E-state index is 0.0995. The molecule has 0 aliphatic rings. The van der Waals surface area contributed by atoms with Gasteiger partial charge >= 0.3 is 0 Å². The highest BCUT2D eigenvalue weighted by atomic mass is 127. The van der Waals surface area contributed by atoms with Gasteiger partial charge < -0.3 is 5.32 Å². The van der Waals surface area contributed by atoms with E-state index in [0.717, 1.165) is 3.57 Å². The normalized spacial score (nSPS) is 10.3. The molecule has 7 nitrogen and oxygen atoms in total. The number of amides is 1. The lowest BCUT2D eigenvalue weighted by Gasteiger charge is -2.06. The molecule has 1 aromatic heterocycles. The van der Waals surface area contributed by atoms with Gasteiger partial charge in [0, 0.05) is 24.4 Å². The van der Waals surface area contributed by atoms with Gasteiger partial charge in [0.05, 0.1) is 14.7 Å². The molecule has 20 heavy (non-hydrogen) atoms. The molecule has 0 radical (unpaired) electrons. The quantitative estimate of drug-likeness (QED) is 0.495. The van der Waals surface area contributed by atoms with Crippen molar-refractivity contribution in [2.45, 2.75) is 6.92 Å². The van der Waals surface area contributed by atoms with Crippen LogP contribution in [0, 0.1) is 13.7 Å². The number of carbonyl (C=O) groups is 1. The number of benzene rings is 1. The largest absolute Gasteiger partial charge is 0.352 e. The van der Waals surface area contributed by atoms with Crippen LogP contribution in [-0.2, 0) is 0 Å². The van der Waals surface area contributed by atoms with Crippen molar-refractivity contribution >= 4 is 34.2 Å². The van der Waals surface area contributed by atoms with Gasteiger partial charge in [-0.3, -0.25) is 14.9 Å². The first-order valence-corrected chi connectivity index (χ1v) is 6.88. The fraction of sp³-hybridized carbons (Fsp3) is 0.167. The summed E-state index contributed by atoms with van der Waals surface area (Å²) in [7, 11) is 0. The minimum atomic E-state index is -0.495. The first-order valence-electron chi connectivity index (χ1n) is 5.80. The molecule has 0 saturated carbocycles. The Morgan fingerprint density at radius 2 is 2.30 bits per heavy atom. The van der Waals surface area contributed by atoms with E-state index < -0.39 is 4.92 Å². The molecule has 0 atom stereocenters. The summed E-state index contributed by atoms with van der Waals surface area (Å²) in [4.78, 5) is 22.4. The van der Waals surface area contributed by atoms with Crippen LogP contribution in [0.2, 0.25) is 0 Å². The predicted molar refractivity (Wildman–Crippen MR) is 80.9 cm³/mol. The van der Waals surface area contributed by atoms with Gasteiger partial charge in [0.2, 0.25) is 0 Å². The number of nitro benzene ring substituents is 1. The lowest BCUT2D eigenvalue weighted by atomic mass is 10.1. The summed E-state index contributed by atoms with van der Waals surface area (Å²) in [6.07, 6.45) is 3.24. The van der Waals surface area contributed by atoms with Gasteiger partial charge in [-0.15, -0.1) is 0 Å². The molecular formula is C12H11IN4O3. The fourth-order valence-electron chi connectivity index (χ4n) is 1.70. The van der Waals surface area contributed by atoms with E-state index in [1.807, 2.05) is 0 Å². The van der Waals surface area contributed by atoms with Crippen molar-refractivity contribution < 1.29 is 9.72 Å². The molecule has 0 spiro atoms. The van der Waals surface area contributed by atoms with Gasteiger partial charge in [-0.2, -0.15) is 5.10 Å². The Kier molecular flexibility index (Phi) is 4.32. The van der Waals surface area contributed by atoms with Crippen molar-refractivity contribution in [2.75, 3.05) is 6.54 Å². The van der Waals surface area contributed by atoms with Crippen LogP contribution in [0.15, 0.2) is 30.6 Å². The molecule has 0 bridgehead atoms. The second kappa shape index (κ2) is 5.99. The van der Waals surface area contributed by atoms with E-state index in [0.29, 0.717) is 12.1 Å². The summed E-state index contributed by atoms with van der Waals surface area (Å²) in [5.41, 5.74) is 0.525. The van der Waals surface area contributed by atoms with Crippen molar-refractivity contribution in [2.24, 2.45) is 0 Å². The van der Waals surface area contributed by atoms with Crippen LogP contribution in [0.4, 0.5) is 5.69 Å². The Hall–Kier alpha value is -1.97. The number of aromatic nitrogens is 2. The van der Waals surface area contributed by atoms with Crippen molar-refractivity contribution in [1.29, 1.82) is 0 Å². The molecule has 0 aliphatic carbocycles. The zero-order chi connectivity index (χ0) is 14.7. The third kappa shape index (κ3) is 2.95. The Balaban J connectivity index is 2.53. The molecule has 8 heteroatoms. The van der Waals surface area contributed by atoms with Crippen LogP contribution >= 0.6 is 22.6 Å². The van der Waals surface area contributed by atoms with Crippen molar-refractivity contribution in [1.82, 2.24) is 15.1 Å². The third-order valence-corrected chi connectivity index (χ3v) is 3.13. The van der Waals surface area contributed by atoms with E-state index >= 15 is 0 Å². The number of halogens is 1. The average Bonchev–Trinajstić information content (AvgIpc) is 2.85. The van der Waals surface area contributed by atoms with Gasteiger partial charge in [-0.05, 0) is 41.6 Å². The van der Waals surface area contributed by atoms with E-state index in [9.17, 15) is 14.9 Å². The smallest absolute Gasteiger partial charge is 0.294 e. The second-order valence-corrected chi connectivity index (χ2v) is 5.17. The highest BCUT2D eigenvalue weighted by molar-refractivity contribution is 14.1. The summed E-state index contributed by atoms with van der Waals surface area (Å²) in [6, 6.07) is 4.21. The van der Waals surface area contributed by atoms with Crippen LogP contribution in [0.25, 0.3) is 5.69 Å². The fourth-order valence-corrected chi connectivity index (χ4v) is 2.09. The molecule has 1 amide bonds. The summed E-state index contributed by atoms with van der Waals surface area (Å²) < 4.78 is 2.24. The zero-order valence-electron chi connectivity index (χ0n) is 10.5.